The first-order valence-corrected chi connectivity index (χ1v) is 7.35. The topological polar surface area (TPSA) is 12.0 Å². The lowest BCUT2D eigenvalue weighted by Gasteiger charge is -2.21. The van der Waals surface area contributed by atoms with Crippen LogP contribution in [-0.2, 0) is 0 Å². The fraction of sp³-hybridized carbons (Fsp3) is 0.250. The first-order valence-electron chi connectivity index (χ1n) is 6.56. The zero-order valence-corrected chi connectivity index (χ0v) is 12.8. The standard InChI is InChI=1S/C16H16BrF2N/c1-2-9-20-16(12-5-3-4-6-14(12)18)13-10-11(17)7-8-15(13)19/h3-8,10,16,20H,2,9H2,1H3. The molecule has 1 atom stereocenters. The molecule has 1 N–H and O–H groups in total. The van der Waals surface area contributed by atoms with Gasteiger partial charge >= 0.3 is 0 Å². The Morgan fingerprint density at radius 2 is 1.75 bits per heavy atom. The molecular formula is C16H16BrF2N. The zero-order chi connectivity index (χ0) is 14.5. The first kappa shape index (κ1) is 15.1. The summed E-state index contributed by atoms with van der Waals surface area (Å²) in [5.41, 5.74) is 0.899. The van der Waals surface area contributed by atoms with E-state index in [4.69, 9.17) is 0 Å². The Labute approximate surface area is 126 Å². The molecule has 20 heavy (non-hydrogen) atoms. The molecule has 0 spiro atoms. The van der Waals surface area contributed by atoms with E-state index in [2.05, 4.69) is 21.2 Å². The molecule has 4 heteroatoms. The molecule has 0 amide bonds. The number of rotatable bonds is 5. The van der Waals surface area contributed by atoms with E-state index in [-0.39, 0.29) is 11.6 Å². The van der Waals surface area contributed by atoms with Crippen molar-refractivity contribution in [2.45, 2.75) is 19.4 Å². The van der Waals surface area contributed by atoms with Gasteiger partial charge in [-0.3, -0.25) is 0 Å². The summed E-state index contributed by atoms with van der Waals surface area (Å²) in [5.74, 6) is -0.675. The number of halogens is 3. The highest BCUT2D eigenvalue weighted by Gasteiger charge is 2.20. The highest BCUT2D eigenvalue weighted by molar-refractivity contribution is 9.10. The molecule has 2 rings (SSSR count). The van der Waals surface area contributed by atoms with Gasteiger partial charge in [-0.05, 0) is 37.2 Å². The first-order chi connectivity index (χ1) is 9.63. The minimum absolute atomic E-state index is 0.333. The maximum absolute atomic E-state index is 14.1. The van der Waals surface area contributed by atoms with E-state index in [1.807, 2.05) is 6.92 Å². The Morgan fingerprint density at radius 1 is 1.05 bits per heavy atom. The summed E-state index contributed by atoms with van der Waals surface area (Å²) in [5, 5.41) is 3.21. The molecule has 0 aliphatic heterocycles. The largest absolute Gasteiger partial charge is 0.306 e. The molecule has 0 aromatic heterocycles. The molecule has 0 saturated heterocycles. The van der Waals surface area contributed by atoms with Crippen LogP contribution in [0.5, 0.6) is 0 Å². The van der Waals surface area contributed by atoms with E-state index in [1.54, 1.807) is 30.3 Å². The maximum Gasteiger partial charge on any atom is 0.128 e. The Hall–Kier alpha value is -1.26. The van der Waals surface area contributed by atoms with Gasteiger partial charge in [0.05, 0.1) is 6.04 Å². The molecule has 2 aromatic carbocycles. The van der Waals surface area contributed by atoms with Crippen LogP contribution in [0.25, 0.3) is 0 Å². The summed E-state index contributed by atoms with van der Waals surface area (Å²) in [6, 6.07) is 10.7. The van der Waals surface area contributed by atoms with E-state index in [0.717, 1.165) is 10.9 Å². The molecule has 0 aliphatic rings. The predicted molar refractivity (Wildman–Crippen MR) is 80.6 cm³/mol. The molecule has 1 nitrogen and oxygen atoms in total. The Morgan fingerprint density at radius 3 is 2.45 bits per heavy atom. The van der Waals surface area contributed by atoms with Gasteiger partial charge in [0.15, 0.2) is 0 Å². The van der Waals surface area contributed by atoms with E-state index >= 15 is 0 Å². The van der Waals surface area contributed by atoms with Gasteiger partial charge in [0.2, 0.25) is 0 Å². The third kappa shape index (κ3) is 3.44. The van der Waals surface area contributed by atoms with Crippen molar-refractivity contribution in [3.63, 3.8) is 0 Å². The van der Waals surface area contributed by atoms with Gasteiger partial charge < -0.3 is 5.32 Å². The lowest BCUT2D eigenvalue weighted by Crippen LogP contribution is -2.25. The van der Waals surface area contributed by atoms with E-state index < -0.39 is 6.04 Å². The molecule has 0 heterocycles. The number of benzene rings is 2. The quantitative estimate of drug-likeness (QED) is 0.823. The summed E-state index contributed by atoms with van der Waals surface area (Å²) in [4.78, 5) is 0. The van der Waals surface area contributed by atoms with Gasteiger partial charge in [-0.1, -0.05) is 41.1 Å². The van der Waals surface area contributed by atoms with Crippen molar-refractivity contribution in [2.24, 2.45) is 0 Å². The Bertz CT molecular complexity index is 586. The average Bonchev–Trinajstić information content (AvgIpc) is 2.44. The molecule has 0 radical (unpaired) electrons. The van der Waals surface area contributed by atoms with Crippen LogP contribution in [0.2, 0.25) is 0 Å². The van der Waals surface area contributed by atoms with E-state index in [9.17, 15) is 8.78 Å². The van der Waals surface area contributed by atoms with Crippen molar-refractivity contribution in [3.05, 3.63) is 69.7 Å². The molecule has 106 valence electrons. The highest BCUT2D eigenvalue weighted by Crippen LogP contribution is 2.28. The second-order valence-electron chi connectivity index (χ2n) is 4.57. The van der Waals surface area contributed by atoms with Crippen LogP contribution in [0.15, 0.2) is 46.9 Å². The second-order valence-corrected chi connectivity index (χ2v) is 5.49. The van der Waals surface area contributed by atoms with Crippen LogP contribution < -0.4 is 5.32 Å². The normalized spacial score (nSPS) is 12.4. The fourth-order valence-electron chi connectivity index (χ4n) is 2.12. The van der Waals surface area contributed by atoms with Crippen LogP contribution in [-0.4, -0.2) is 6.54 Å². The number of hydrogen-bond donors (Lipinski definition) is 1. The molecule has 0 bridgehead atoms. The van der Waals surface area contributed by atoms with Gasteiger partial charge in [-0.25, -0.2) is 8.78 Å². The van der Waals surface area contributed by atoms with Crippen molar-refractivity contribution < 1.29 is 8.78 Å². The SMILES string of the molecule is CCCNC(c1ccccc1F)c1cc(Br)ccc1F. The monoisotopic (exact) mass is 339 g/mol. The summed E-state index contributed by atoms with van der Waals surface area (Å²) in [6.45, 7) is 2.70. The second kappa shape index (κ2) is 6.95. The number of hydrogen-bond acceptors (Lipinski definition) is 1. The Balaban J connectivity index is 2.47. The molecule has 1 unspecified atom stereocenters. The predicted octanol–water partition coefficient (Wildman–Crippen LogP) is 4.82. The van der Waals surface area contributed by atoms with E-state index in [0.29, 0.717) is 17.7 Å². The molecule has 0 saturated carbocycles. The van der Waals surface area contributed by atoms with Crippen molar-refractivity contribution in [2.75, 3.05) is 6.54 Å². The maximum atomic E-state index is 14.1. The van der Waals surface area contributed by atoms with Crippen molar-refractivity contribution in [1.29, 1.82) is 0 Å². The highest BCUT2D eigenvalue weighted by atomic mass is 79.9. The Kier molecular flexibility index (Phi) is 5.26. The summed E-state index contributed by atoms with van der Waals surface area (Å²) in [6.07, 6.45) is 0.889. The lowest BCUT2D eigenvalue weighted by molar-refractivity contribution is 0.520. The molecular weight excluding hydrogens is 324 g/mol. The van der Waals surface area contributed by atoms with Gasteiger partial charge in [0, 0.05) is 15.6 Å². The van der Waals surface area contributed by atoms with Crippen LogP contribution >= 0.6 is 15.9 Å². The van der Waals surface area contributed by atoms with E-state index in [1.165, 1.54) is 12.1 Å². The lowest BCUT2D eigenvalue weighted by atomic mass is 9.97. The summed E-state index contributed by atoms with van der Waals surface area (Å²) >= 11 is 3.34. The average molecular weight is 340 g/mol. The van der Waals surface area contributed by atoms with Crippen molar-refractivity contribution in [1.82, 2.24) is 5.32 Å². The van der Waals surface area contributed by atoms with Crippen LogP contribution in [0.4, 0.5) is 8.78 Å². The van der Waals surface area contributed by atoms with Crippen LogP contribution in [0.3, 0.4) is 0 Å². The zero-order valence-electron chi connectivity index (χ0n) is 11.2. The van der Waals surface area contributed by atoms with Gasteiger partial charge in [-0.15, -0.1) is 0 Å². The third-order valence-corrected chi connectivity index (χ3v) is 3.58. The molecule has 0 fully saturated rings. The van der Waals surface area contributed by atoms with Gasteiger partial charge in [0.25, 0.3) is 0 Å². The van der Waals surface area contributed by atoms with Gasteiger partial charge in [-0.2, -0.15) is 0 Å². The summed E-state index contributed by atoms with van der Waals surface area (Å²) < 4.78 is 28.9. The number of nitrogens with one attached hydrogen (secondary N) is 1. The van der Waals surface area contributed by atoms with Crippen molar-refractivity contribution in [3.8, 4) is 0 Å². The molecule has 0 aliphatic carbocycles. The third-order valence-electron chi connectivity index (χ3n) is 3.08. The van der Waals surface area contributed by atoms with Gasteiger partial charge in [0.1, 0.15) is 11.6 Å². The van der Waals surface area contributed by atoms with Crippen LogP contribution in [0.1, 0.15) is 30.5 Å². The van der Waals surface area contributed by atoms with Crippen LogP contribution in [0, 0.1) is 11.6 Å². The molecule has 2 aromatic rings. The fourth-order valence-corrected chi connectivity index (χ4v) is 2.50. The van der Waals surface area contributed by atoms with Crippen molar-refractivity contribution >= 4 is 15.9 Å². The summed E-state index contributed by atoms with van der Waals surface area (Å²) in [7, 11) is 0. The minimum Gasteiger partial charge on any atom is -0.306 e. The smallest absolute Gasteiger partial charge is 0.128 e. The minimum atomic E-state index is -0.492.